The van der Waals surface area contributed by atoms with Crippen molar-refractivity contribution in [2.24, 2.45) is 0 Å². The molecule has 0 amide bonds. The van der Waals surface area contributed by atoms with Crippen LogP contribution in [-0.4, -0.2) is 31.0 Å². The summed E-state index contributed by atoms with van der Waals surface area (Å²) < 4.78 is 7.23. The summed E-state index contributed by atoms with van der Waals surface area (Å²) in [5.74, 6) is 0.851. The van der Waals surface area contributed by atoms with Crippen molar-refractivity contribution in [3.05, 3.63) is 96.2 Å². The van der Waals surface area contributed by atoms with Crippen molar-refractivity contribution >= 4 is 17.8 Å². The molecule has 0 unspecified atom stereocenters. The van der Waals surface area contributed by atoms with Crippen LogP contribution in [0.5, 0.6) is 5.75 Å². The second kappa shape index (κ2) is 8.70. The minimum atomic E-state index is 0.851. The average molecular weight is 396 g/mol. The van der Waals surface area contributed by atoms with Gasteiger partial charge >= 0.3 is 0 Å². The fraction of sp³-hybridized carbons (Fsp3) is 0.115. The number of benzene rings is 3. The molecule has 0 N–H and O–H groups in total. The van der Waals surface area contributed by atoms with Crippen LogP contribution >= 0.6 is 0 Å². The van der Waals surface area contributed by atoms with Crippen LogP contribution in [0.15, 0.2) is 84.9 Å². The van der Waals surface area contributed by atoms with Crippen LogP contribution in [0, 0.1) is 0 Å². The lowest BCUT2D eigenvalue weighted by Crippen LogP contribution is -2.08. The van der Waals surface area contributed by atoms with Gasteiger partial charge in [-0.15, -0.1) is 0 Å². The summed E-state index contributed by atoms with van der Waals surface area (Å²) in [7, 11) is 5.77. The van der Waals surface area contributed by atoms with Crippen molar-refractivity contribution in [1.29, 1.82) is 0 Å². The third-order valence-electron chi connectivity index (χ3n) is 4.97. The minimum Gasteiger partial charge on any atom is -0.497 e. The normalized spacial score (nSPS) is 11.0. The van der Waals surface area contributed by atoms with Gasteiger partial charge in [-0.1, -0.05) is 48.5 Å². The van der Waals surface area contributed by atoms with E-state index in [0.29, 0.717) is 0 Å². The SMILES string of the molecule is COc1ccc(C=Cc2cc(-c3ccc(N(C)C)cc3)n(-c3ccccc3)n2)cc1. The molecule has 3 aromatic carbocycles. The minimum absolute atomic E-state index is 0.851. The summed E-state index contributed by atoms with van der Waals surface area (Å²) in [6.07, 6.45) is 4.11. The lowest BCUT2D eigenvalue weighted by Gasteiger charge is -2.13. The van der Waals surface area contributed by atoms with Gasteiger partial charge in [-0.3, -0.25) is 0 Å². The predicted octanol–water partition coefficient (Wildman–Crippen LogP) is 5.78. The second-order valence-electron chi connectivity index (χ2n) is 7.25. The maximum Gasteiger partial charge on any atom is 0.118 e. The molecule has 4 rings (SSSR count). The lowest BCUT2D eigenvalue weighted by atomic mass is 10.1. The van der Waals surface area contributed by atoms with E-state index in [9.17, 15) is 0 Å². The van der Waals surface area contributed by atoms with Crippen LogP contribution in [0.1, 0.15) is 11.3 Å². The molecule has 0 bridgehead atoms. The first-order valence-corrected chi connectivity index (χ1v) is 9.89. The Morgan fingerprint density at radius 1 is 0.833 bits per heavy atom. The van der Waals surface area contributed by atoms with Crippen LogP contribution in [0.4, 0.5) is 5.69 Å². The monoisotopic (exact) mass is 395 g/mol. The molecule has 1 aromatic heterocycles. The highest BCUT2D eigenvalue weighted by atomic mass is 16.5. The fourth-order valence-corrected chi connectivity index (χ4v) is 3.28. The lowest BCUT2D eigenvalue weighted by molar-refractivity contribution is 0.415. The summed E-state index contributed by atoms with van der Waals surface area (Å²) in [4.78, 5) is 2.10. The summed E-state index contributed by atoms with van der Waals surface area (Å²) in [5.41, 5.74) is 6.39. The number of methoxy groups -OCH3 is 1. The summed E-state index contributed by atoms with van der Waals surface area (Å²) in [6, 6.07) is 28.9. The van der Waals surface area contributed by atoms with E-state index in [-0.39, 0.29) is 0 Å². The zero-order valence-corrected chi connectivity index (χ0v) is 17.5. The molecule has 0 radical (unpaired) electrons. The van der Waals surface area contributed by atoms with Crippen molar-refractivity contribution in [3.63, 3.8) is 0 Å². The Hall–Kier alpha value is -3.79. The molecular formula is C26H25N3O. The standard InChI is InChI=1S/C26H25N3O/c1-28(2)23-15-12-21(13-16-23)26-19-22(27-29(26)24-7-5-4-6-8-24)14-9-20-10-17-25(30-3)18-11-20/h4-19H,1-3H3. The van der Waals surface area contributed by atoms with Crippen molar-refractivity contribution in [2.75, 3.05) is 26.1 Å². The van der Waals surface area contributed by atoms with E-state index < -0.39 is 0 Å². The van der Waals surface area contributed by atoms with E-state index in [1.165, 1.54) is 5.69 Å². The van der Waals surface area contributed by atoms with Gasteiger partial charge < -0.3 is 9.64 Å². The predicted molar refractivity (Wildman–Crippen MR) is 125 cm³/mol. The summed E-state index contributed by atoms with van der Waals surface area (Å²) >= 11 is 0. The van der Waals surface area contributed by atoms with Gasteiger partial charge in [0.25, 0.3) is 0 Å². The number of rotatable bonds is 6. The fourth-order valence-electron chi connectivity index (χ4n) is 3.28. The third-order valence-corrected chi connectivity index (χ3v) is 4.97. The van der Waals surface area contributed by atoms with Crippen LogP contribution < -0.4 is 9.64 Å². The van der Waals surface area contributed by atoms with Crippen molar-refractivity contribution in [3.8, 4) is 22.7 Å². The first-order valence-electron chi connectivity index (χ1n) is 9.89. The van der Waals surface area contributed by atoms with E-state index in [1.807, 2.05) is 67.3 Å². The Morgan fingerprint density at radius 3 is 2.17 bits per heavy atom. The molecule has 4 aromatic rings. The highest BCUT2D eigenvalue weighted by Crippen LogP contribution is 2.27. The van der Waals surface area contributed by atoms with E-state index in [4.69, 9.17) is 9.84 Å². The molecule has 0 aliphatic heterocycles. The zero-order chi connectivity index (χ0) is 20.9. The van der Waals surface area contributed by atoms with Crippen LogP contribution in [0.3, 0.4) is 0 Å². The van der Waals surface area contributed by atoms with Gasteiger partial charge in [0.1, 0.15) is 5.75 Å². The Morgan fingerprint density at radius 2 is 1.53 bits per heavy atom. The second-order valence-corrected chi connectivity index (χ2v) is 7.25. The largest absolute Gasteiger partial charge is 0.497 e. The van der Waals surface area contributed by atoms with E-state index in [0.717, 1.165) is 34.0 Å². The first-order chi connectivity index (χ1) is 14.6. The average Bonchev–Trinajstić information content (AvgIpc) is 3.23. The molecule has 0 aliphatic rings. The molecule has 0 saturated carbocycles. The molecular weight excluding hydrogens is 370 g/mol. The Bertz CT molecular complexity index is 1130. The maximum absolute atomic E-state index is 5.23. The summed E-state index contributed by atoms with van der Waals surface area (Å²) in [5, 5.41) is 4.86. The smallest absolute Gasteiger partial charge is 0.118 e. The number of hydrogen-bond donors (Lipinski definition) is 0. The molecule has 0 spiro atoms. The Balaban J connectivity index is 1.71. The van der Waals surface area contributed by atoms with Gasteiger partial charge in [0, 0.05) is 25.3 Å². The number of hydrogen-bond acceptors (Lipinski definition) is 3. The topological polar surface area (TPSA) is 30.3 Å². The molecule has 0 aliphatic carbocycles. The summed E-state index contributed by atoms with van der Waals surface area (Å²) in [6.45, 7) is 0. The molecule has 4 nitrogen and oxygen atoms in total. The first kappa shape index (κ1) is 19.5. The van der Waals surface area contributed by atoms with Gasteiger partial charge in [-0.25, -0.2) is 4.68 Å². The van der Waals surface area contributed by atoms with Crippen LogP contribution in [0.25, 0.3) is 29.1 Å². The Kier molecular flexibility index (Phi) is 5.66. The van der Waals surface area contributed by atoms with E-state index >= 15 is 0 Å². The van der Waals surface area contributed by atoms with Gasteiger partial charge in [0.15, 0.2) is 0 Å². The van der Waals surface area contributed by atoms with E-state index in [2.05, 4.69) is 53.4 Å². The highest BCUT2D eigenvalue weighted by Gasteiger charge is 2.11. The zero-order valence-electron chi connectivity index (χ0n) is 17.5. The molecule has 4 heteroatoms. The molecule has 30 heavy (non-hydrogen) atoms. The van der Waals surface area contributed by atoms with Crippen molar-refractivity contribution in [1.82, 2.24) is 9.78 Å². The molecule has 150 valence electrons. The number of ether oxygens (including phenoxy) is 1. The van der Waals surface area contributed by atoms with Crippen LogP contribution in [-0.2, 0) is 0 Å². The quantitative estimate of drug-likeness (QED) is 0.414. The van der Waals surface area contributed by atoms with E-state index in [1.54, 1.807) is 7.11 Å². The number of nitrogens with zero attached hydrogens (tertiary/aromatic N) is 3. The Labute approximate surface area is 177 Å². The molecule has 0 saturated heterocycles. The van der Waals surface area contributed by atoms with Gasteiger partial charge in [-0.05, 0) is 54.1 Å². The third kappa shape index (κ3) is 4.28. The van der Waals surface area contributed by atoms with Crippen molar-refractivity contribution in [2.45, 2.75) is 0 Å². The van der Waals surface area contributed by atoms with Crippen molar-refractivity contribution < 1.29 is 4.74 Å². The highest BCUT2D eigenvalue weighted by molar-refractivity contribution is 5.73. The van der Waals surface area contributed by atoms with Gasteiger partial charge in [0.05, 0.1) is 24.2 Å². The maximum atomic E-state index is 5.23. The number of aromatic nitrogens is 2. The molecule has 1 heterocycles. The number of para-hydroxylation sites is 1. The van der Waals surface area contributed by atoms with Gasteiger partial charge in [0.2, 0.25) is 0 Å². The molecule has 0 atom stereocenters. The number of anilines is 1. The molecule has 0 fully saturated rings. The van der Waals surface area contributed by atoms with Crippen LogP contribution in [0.2, 0.25) is 0 Å². The van der Waals surface area contributed by atoms with Gasteiger partial charge in [-0.2, -0.15) is 5.10 Å².